The Hall–Kier alpha value is 0.170. The Morgan fingerprint density at radius 2 is 2.18 bits per heavy atom. The molecule has 17 heavy (non-hydrogen) atoms. The Balaban J connectivity index is 0.00000256. The van der Waals surface area contributed by atoms with Crippen LogP contribution in [0, 0.1) is 0 Å². The quantitative estimate of drug-likeness (QED) is 0.365. The number of nitrogens with one attached hydrogen (secondary N) is 1. The molecule has 0 bridgehead atoms. The number of pyridine rings is 1. The van der Waals surface area contributed by atoms with Crippen LogP contribution < -0.4 is 5.32 Å². The van der Waals surface area contributed by atoms with Crippen molar-refractivity contribution < 1.29 is 17.8 Å². The van der Waals surface area contributed by atoms with Crippen LogP contribution in [-0.4, -0.2) is 59.2 Å². The number of rotatable bonds is 4. The molecule has 1 aromatic rings. The molecule has 0 aliphatic carbocycles. The molecule has 0 radical (unpaired) electrons. The van der Waals surface area contributed by atoms with Gasteiger partial charge in [-0.1, -0.05) is 11.6 Å². The monoisotopic (exact) mass is 306 g/mol. The molecule has 0 unspecified atom stereocenters. The molecule has 0 aromatic carbocycles. The maximum atomic E-state index is 11.2. The Morgan fingerprint density at radius 1 is 1.53 bits per heavy atom. The number of carbonyl (C=O) groups excluding carboxylic acids is 1. The average Bonchev–Trinajstić information content (AvgIpc) is 2.18. The van der Waals surface area contributed by atoms with Gasteiger partial charge in [0.2, 0.25) is 5.91 Å². The molecule has 10 heteroatoms. The molecule has 0 fully saturated rings. The molecule has 2 N–H and O–H groups in total. The number of amides is 1. The van der Waals surface area contributed by atoms with E-state index in [-0.39, 0.29) is 45.5 Å². The molecule has 0 aliphatic rings. The fourth-order valence-electron chi connectivity index (χ4n) is 0.775. The first-order valence-corrected chi connectivity index (χ1v) is 7.22. The van der Waals surface area contributed by atoms with Crippen molar-refractivity contribution in [2.45, 2.75) is 0 Å². The zero-order valence-electron chi connectivity index (χ0n) is 7.75. The SMILES string of the molecule is O=C(CSS(=O)(=O)O)Nc1ccc(Cl)nc1.[NaH]. The molecular weight excluding hydrogens is 299 g/mol. The average molecular weight is 307 g/mol. The van der Waals surface area contributed by atoms with Crippen LogP contribution in [0.2, 0.25) is 5.15 Å². The van der Waals surface area contributed by atoms with Gasteiger partial charge in [-0.2, -0.15) is 8.42 Å². The van der Waals surface area contributed by atoms with E-state index in [2.05, 4.69) is 10.3 Å². The third-order valence-corrected chi connectivity index (χ3v) is 3.50. The summed E-state index contributed by atoms with van der Waals surface area (Å²) < 4.78 is 29.1. The van der Waals surface area contributed by atoms with Gasteiger partial charge < -0.3 is 5.32 Å². The van der Waals surface area contributed by atoms with E-state index in [1.54, 1.807) is 0 Å². The standard InChI is InChI=1S/C7H7ClN2O4S2.Na.H/c8-6-2-1-5(3-9-6)10-7(11)4-15-16(12,13)14;;/h1-3H,4H2,(H,10,11)(H,12,13,14);;. The van der Waals surface area contributed by atoms with Gasteiger partial charge in [-0.15, -0.1) is 0 Å². The van der Waals surface area contributed by atoms with E-state index >= 15 is 0 Å². The summed E-state index contributed by atoms with van der Waals surface area (Å²) in [6.07, 6.45) is 1.33. The second kappa shape index (κ2) is 7.57. The summed E-state index contributed by atoms with van der Waals surface area (Å²) in [5.41, 5.74) is 0.394. The first-order chi connectivity index (χ1) is 7.37. The summed E-state index contributed by atoms with van der Waals surface area (Å²) in [5.74, 6) is -0.965. The summed E-state index contributed by atoms with van der Waals surface area (Å²) in [7, 11) is -4.07. The van der Waals surface area contributed by atoms with Crippen LogP contribution >= 0.6 is 22.4 Å². The maximum absolute atomic E-state index is 11.2. The van der Waals surface area contributed by atoms with Crippen LogP contribution in [0.1, 0.15) is 0 Å². The minimum absolute atomic E-state index is 0. The first-order valence-electron chi connectivity index (χ1n) is 3.90. The third-order valence-electron chi connectivity index (χ3n) is 1.35. The fourth-order valence-corrected chi connectivity index (χ4v) is 1.98. The number of hydrogen-bond acceptors (Lipinski definition) is 5. The molecule has 90 valence electrons. The van der Waals surface area contributed by atoms with Crippen molar-refractivity contribution in [3.63, 3.8) is 0 Å². The van der Waals surface area contributed by atoms with E-state index < -0.39 is 20.8 Å². The molecule has 1 amide bonds. The van der Waals surface area contributed by atoms with E-state index in [1.165, 1.54) is 18.3 Å². The Morgan fingerprint density at radius 3 is 2.65 bits per heavy atom. The first kappa shape index (κ1) is 17.2. The van der Waals surface area contributed by atoms with Crippen molar-refractivity contribution in [3.8, 4) is 0 Å². The zero-order valence-corrected chi connectivity index (χ0v) is 10.1. The third kappa shape index (κ3) is 7.98. The van der Waals surface area contributed by atoms with E-state index in [0.717, 1.165) is 0 Å². The minimum atomic E-state index is -4.20. The summed E-state index contributed by atoms with van der Waals surface area (Å²) in [6.45, 7) is 0. The topological polar surface area (TPSA) is 96.4 Å². The molecule has 0 atom stereocenters. The predicted octanol–water partition coefficient (Wildman–Crippen LogP) is 0.561. The second-order valence-electron chi connectivity index (χ2n) is 2.61. The summed E-state index contributed by atoms with van der Waals surface area (Å²) >= 11 is 5.53. The van der Waals surface area contributed by atoms with Gasteiger partial charge in [-0.05, 0) is 12.1 Å². The van der Waals surface area contributed by atoms with Crippen molar-refractivity contribution in [1.82, 2.24) is 4.98 Å². The van der Waals surface area contributed by atoms with Crippen LogP contribution in [0.4, 0.5) is 5.69 Å². The van der Waals surface area contributed by atoms with Gasteiger partial charge in [-0.25, -0.2) is 4.98 Å². The number of hydrogen-bond donors (Lipinski definition) is 2. The molecule has 0 aliphatic heterocycles. The van der Waals surface area contributed by atoms with Gasteiger partial charge in [0.15, 0.2) is 0 Å². The van der Waals surface area contributed by atoms with Crippen molar-refractivity contribution in [1.29, 1.82) is 0 Å². The van der Waals surface area contributed by atoms with Gasteiger partial charge in [0.1, 0.15) is 5.15 Å². The van der Waals surface area contributed by atoms with Crippen LogP contribution in [0.25, 0.3) is 0 Å². The number of anilines is 1. The summed E-state index contributed by atoms with van der Waals surface area (Å²) in [6, 6.07) is 3.00. The molecule has 1 aromatic heterocycles. The molecule has 1 heterocycles. The Kier molecular flexibility index (Phi) is 7.65. The van der Waals surface area contributed by atoms with Crippen molar-refractivity contribution >= 4 is 72.7 Å². The molecule has 0 saturated heterocycles. The van der Waals surface area contributed by atoms with Crippen LogP contribution in [-0.2, 0) is 13.9 Å². The number of nitrogens with zero attached hydrogens (tertiary/aromatic N) is 1. The Labute approximate surface area is 129 Å². The van der Waals surface area contributed by atoms with Crippen molar-refractivity contribution in [2.24, 2.45) is 0 Å². The van der Waals surface area contributed by atoms with E-state index in [9.17, 15) is 13.2 Å². The zero-order chi connectivity index (χ0) is 12.2. The van der Waals surface area contributed by atoms with Crippen LogP contribution in [0.3, 0.4) is 0 Å². The van der Waals surface area contributed by atoms with E-state index in [1.807, 2.05) is 0 Å². The van der Waals surface area contributed by atoms with Gasteiger partial charge >= 0.3 is 38.7 Å². The predicted molar refractivity (Wildman–Crippen MR) is 69.0 cm³/mol. The number of carbonyl (C=O) groups is 1. The fraction of sp³-hybridized carbons (Fsp3) is 0.143. The summed E-state index contributed by atoms with van der Waals surface area (Å²) in [5, 5.41) is 2.67. The van der Waals surface area contributed by atoms with Gasteiger partial charge in [0.25, 0.3) is 0 Å². The molecule has 0 spiro atoms. The molecule has 6 nitrogen and oxygen atoms in total. The summed E-state index contributed by atoms with van der Waals surface area (Å²) in [4.78, 5) is 14.9. The van der Waals surface area contributed by atoms with Crippen LogP contribution in [0.15, 0.2) is 18.3 Å². The normalized spacial score (nSPS) is 10.5. The van der Waals surface area contributed by atoms with Crippen LogP contribution in [0.5, 0.6) is 0 Å². The number of aromatic nitrogens is 1. The molecule has 0 saturated carbocycles. The second-order valence-corrected chi connectivity index (χ2v) is 6.35. The number of halogens is 1. The van der Waals surface area contributed by atoms with Crippen molar-refractivity contribution in [3.05, 3.63) is 23.5 Å². The van der Waals surface area contributed by atoms with E-state index in [4.69, 9.17) is 16.2 Å². The van der Waals surface area contributed by atoms with Crippen molar-refractivity contribution in [2.75, 3.05) is 11.1 Å². The molecular formula is C7H8ClN2NaO4S2. The molecule has 1 rings (SSSR count). The van der Waals surface area contributed by atoms with Gasteiger partial charge in [-0.3, -0.25) is 9.35 Å². The van der Waals surface area contributed by atoms with E-state index in [0.29, 0.717) is 5.69 Å². The van der Waals surface area contributed by atoms with Gasteiger partial charge in [0, 0.05) is 10.8 Å². The van der Waals surface area contributed by atoms with Gasteiger partial charge in [0.05, 0.1) is 17.6 Å². The Bertz CT molecular complexity index is 479.